The molecule has 21 heavy (non-hydrogen) atoms. The van der Waals surface area contributed by atoms with Crippen LogP contribution in [0.25, 0.3) is 0 Å². The lowest BCUT2D eigenvalue weighted by Crippen LogP contribution is -2.26. The van der Waals surface area contributed by atoms with E-state index in [0.29, 0.717) is 6.42 Å². The van der Waals surface area contributed by atoms with Gasteiger partial charge in [-0.05, 0) is 43.4 Å². The van der Waals surface area contributed by atoms with Gasteiger partial charge in [0.2, 0.25) is 5.91 Å². The average Bonchev–Trinajstić information content (AvgIpc) is 2.53. The fourth-order valence-corrected chi connectivity index (χ4v) is 2.83. The molecule has 0 saturated heterocycles. The molecule has 1 heterocycles. The van der Waals surface area contributed by atoms with E-state index in [1.165, 1.54) is 4.90 Å². The molecule has 2 rings (SSSR count). The Kier molecular flexibility index (Phi) is 6.28. The van der Waals surface area contributed by atoms with Gasteiger partial charge in [0.1, 0.15) is 0 Å². The Bertz CT molecular complexity index is 545. The number of hydrogen-bond acceptors (Lipinski definition) is 3. The Morgan fingerprint density at radius 3 is 2.67 bits per heavy atom. The lowest BCUT2D eigenvalue weighted by molar-refractivity contribution is -0.121. The first-order chi connectivity index (χ1) is 10.3. The summed E-state index contributed by atoms with van der Waals surface area (Å²) >= 11 is 1.79. The van der Waals surface area contributed by atoms with Crippen molar-refractivity contribution in [3.05, 3.63) is 60.4 Å². The summed E-state index contributed by atoms with van der Waals surface area (Å²) in [6.07, 6.45) is 3.17. The zero-order valence-electron chi connectivity index (χ0n) is 12.2. The third-order valence-electron chi connectivity index (χ3n) is 3.07. The predicted octanol–water partition coefficient (Wildman–Crippen LogP) is 3.83. The largest absolute Gasteiger partial charge is 0.348 e. The Labute approximate surface area is 130 Å². The van der Waals surface area contributed by atoms with Crippen LogP contribution in [0, 0.1) is 0 Å². The molecule has 3 nitrogen and oxygen atoms in total. The lowest BCUT2D eigenvalue weighted by atomic mass is 10.2. The van der Waals surface area contributed by atoms with E-state index in [4.69, 9.17) is 0 Å². The summed E-state index contributed by atoms with van der Waals surface area (Å²) in [5, 5.41) is 2.98. The number of thioether (sulfide) groups is 1. The number of amides is 1. The standard InChI is InChI=1S/C17H20N2OS/c1-14(16-10-5-6-12-18-16)19-17(20)11-7-13-21-15-8-3-2-4-9-15/h2-6,8-10,12,14H,7,11,13H2,1H3,(H,19,20)/t14-/m1/s1. The van der Waals surface area contributed by atoms with Crippen LogP contribution in [0.2, 0.25) is 0 Å². The zero-order valence-corrected chi connectivity index (χ0v) is 13.0. The normalized spacial score (nSPS) is 11.9. The average molecular weight is 300 g/mol. The molecule has 4 heteroatoms. The molecule has 1 aromatic heterocycles. The number of rotatable bonds is 7. The van der Waals surface area contributed by atoms with E-state index in [9.17, 15) is 4.79 Å². The maximum absolute atomic E-state index is 11.9. The fourth-order valence-electron chi connectivity index (χ4n) is 1.96. The van der Waals surface area contributed by atoms with Crippen LogP contribution in [0.5, 0.6) is 0 Å². The van der Waals surface area contributed by atoms with Gasteiger partial charge < -0.3 is 5.32 Å². The van der Waals surface area contributed by atoms with Gasteiger partial charge in [0, 0.05) is 17.5 Å². The van der Waals surface area contributed by atoms with Gasteiger partial charge in [0.25, 0.3) is 0 Å². The minimum atomic E-state index is -0.0412. The highest BCUT2D eigenvalue weighted by atomic mass is 32.2. The van der Waals surface area contributed by atoms with E-state index in [1.54, 1.807) is 18.0 Å². The number of pyridine rings is 1. The molecule has 110 valence electrons. The molecule has 1 atom stereocenters. The van der Waals surface area contributed by atoms with Crippen molar-refractivity contribution in [1.29, 1.82) is 0 Å². The maximum Gasteiger partial charge on any atom is 0.220 e. The first kappa shape index (κ1) is 15.6. The van der Waals surface area contributed by atoms with Gasteiger partial charge in [-0.3, -0.25) is 9.78 Å². The minimum Gasteiger partial charge on any atom is -0.348 e. The molecule has 1 aromatic carbocycles. The van der Waals surface area contributed by atoms with Crippen LogP contribution in [0.3, 0.4) is 0 Å². The number of carbonyl (C=O) groups excluding carboxylic acids is 1. The molecule has 0 aliphatic rings. The first-order valence-electron chi connectivity index (χ1n) is 7.14. The zero-order chi connectivity index (χ0) is 14.9. The predicted molar refractivity (Wildman–Crippen MR) is 87.2 cm³/mol. The van der Waals surface area contributed by atoms with Crippen molar-refractivity contribution in [3.63, 3.8) is 0 Å². The quantitative estimate of drug-likeness (QED) is 0.624. The van der Waals surface area contributed by atoms with E-state index in [-0.39, 0.29) is 11.9 Å². The van der Waals surface area contributed by atoms with Gasteiger partial charge in [-0.1, -0.05) is 24.3 Å². The van der Waals surface area contributed by atoms with Gasteiger partial charge in [-0.2, -0.15) is 0 Å². The highest BCUT2D eigenvalue weighted by molar-refractivity contribution is 7.99. The highest BCUT2D eigenvalue weighted by Gasteiger charge is 2.09. The molecule has 0 aliphatic heterocycles. The molecule has 0 radical (unpaired) electrons. The molecule has 0 bridgehead atoms. The van der Waals surface area contributed by atoms with Gasteiger partial charge >= 0.3 is 0 Å². The van der Waals surface area contributed by atoms with Gasteiger partial charge in [-0.15, -0.1) is 11.8 Å². The molecule has 2 aromatic rings. The van der Waals surface area contributed by atoms with Crippen LogP contribution in [0.15, 0.2) is 59.6 Å². The van der Waals surface area contributed by atoms with E-state index in [1.807, 2.05) is 43.3 Å². The second kappa shape index (κ2) is 8.47. The molecule has 0 fully saturated rings. The van der Waals surface area contributed by atoms with Crippen molar-refractivity contribution in [2.75, 3.05) is 5.75 Å². The van der Waals surface area contributed by atoms with Crippen LogP contribution in [0.4, 0.5) is 0 Å². The van der Waals surface area contributed by atoms with Crippen LogP contribution >= 0.6 is 11.8 Å². The van der Waals surface area contributed by atoms with Gasteiger partial charge in [0.15, 0.2) is 0 Å². The number of aromatic nitrogens is 1. The summed E-state index contributed by atoms with van der Waals surface area (Å²) in [5.74, 6) is 1.04. The summed E-state index contributed by atoms with van der Waals surface area (Å²) in [4.78, 5) is 17.4. The fraction of sp³-hybridized carbons (Fsp3) is 0.294. The van der Waals surface area contributed by atoms with Crippen LogP contribution in [0.1, 0.15) is 31.5 Å². The van der Waals surface area contributed by atoms with Crippen LogP contribution in [-0.4, -0.2) is 16.6 Å². The van der Waals surface area contributed by atoms with E-state index >= 15 is 0 Å². The summed E-state index contributed by atoms with van der Waals surface area (Å²) in [6.45, 7) is 1.96. The topological polar surface area (TPSA) is 42.0 Å². The summed E-state index contributed by atoms with van der Waals surface area (Å²) in [6, 6.07) is 15.9. The van der Waals surface area contributed by atoms with Crippen molar-refractivity contribution in [2.24, 2.45) is 0 Å². The number of hydrogen-bond donors (Lipinski definition) is 1. The van der Waals surface area contributed by atoms with Crippen LogP contribution in [-0.2, 0) is 4.79 Å². The first-order valence-corrected chi connectivity index (χ1v) is 8.12. The summed E-state index contributed by atoms with van der Waals surface area (Å²) in [5.41, 5.74) is 0.893. The molecule has 0 spiro atoms. The Morgan fingerprint density at radius 1 is 1.19 bits per heavy atom. The van der Waals surface area contributed by atoms with Crippen molar-refractivity contribution in [1.82, 2.24) is 10.3 Å². The molecular formula is C17H20N2OS. The Morgan fingerprint density at radius 2 is 1.95 bits per heavy atom. The molecule has 0 aliphatic carbocycles. The number of nitrogens with one attached hydrogen (secondary N) is 1. The molecule has 1 N–H and O–H groups in total. The summed E-state index contributed by atoms with van der Waals surface area (Å²) < 4.78 is 0. The van der Waals surface area contributed by atoms with Gasteiger partial charge in [-0.25, -0.2) is 0 Å². The van der Waals surface area contributed by atoms with Crippen LogP contribution < -0.4 is 5.32 Å². The van der Waals surface area contributed by atoms with E-state index in [0.717, 1.165) is 17.9 Å². The summed E-state index contributed by atoms with van der Waals surface area (Å²) in [7, 11) is 0. The minimum absolute atomic E-state index is 0.0412. The van der Waals surface area contributed by atoms with Crippen molar-refractivity contribution in [3.8, 4) is 0 Å². The highest BCUT2D eigenvalue weighted by Crippen LogP contribution is 2.18. The van der Waals surface area contributed by atoms with Crippen molar-refractivity contribution in [2.45, 2.75) is 30.7 Å². The molecule has 1 amide bonds. The number of carbonyl (C=O) groups is 1. The maximum atomic E-state index is 11.9. The molecular weight excluding hydrogens is 280 g/mol. The third-order valence-corrected chi connectivity index (χ3v) is 4.17. The smallest absolute Gasteiger partial charge is 0.220 e. The Balaban J connectivity index is 1.66. The van der Waals surface area contributed by atoms with E-state index in [2.05, 4.69) is 22.4 Å². The monoisotopic (exact) mass is 300 g/mol. The van der Waals surface area contributed by atoms with Gasteiger partial charge in [0.05, 0.1) is 11.7 Å². The second-order valence-electron chi connectivity index (χ2n) is 4.81. The SMILES string of the molecule is C[C@@H](NC(=O)CCCSc1ccccc1)c1ccccn1. The second-order valence-corrected chi connectivity index (χ2v) is 5.98. The molecule has 0 unspecified atom stereocenters. The van der Waals surface area contributed by atoms with Crippen molar-refractivity contribution >= 4 is 17.7 Å². The van der Waals surface area contributed by atoms with Crippen molar-refractivity contribution < 1.29 is 4.79 Å². The molecule has 0 saturated carbocycles. The number of nitrogens with zero attached hydrogens (tertiary/aromatic N) is 1. The third kappa shape index (κ3) is 5.60. The Hall–Kier alpha value is -1.81. The number of benzene rings is 1. The van der Waals surface area contributed by atoms with E-state index < -0.39 is 0 Å². The lowest BCUT2D eigenvalue weighted by Gasteiger charge is -2.13.